The highest BCUT2D eigenvalue weighted by atomic mass is 32.1. The summed E-state index contributed by atoms with van der Waals surface area (Å²) in [5.74, 6) is 0. The molecule has 1 aliphatic rings. The van der Waals surface area contributed by atoms with Crippen LogP contribution in [0.2, 0.25) is 0 Å². The second-order valence-corrected chi connectivity index (χ2v) is 7.58. The molecule has 1 aliphatic heterocycles. The van der Waals surface area contributed by atoms with E-state index in [1.165, 1.54) is 17.0 Å². The van der Waals surface area contributed by atoms with Crippen LogP contribution in [0.1, 0.15) is 48.1 Å². The first kappa shape index (κ1) is 18.6. The van der Waals surface area contributed by atoms with Crippen LogP contribution >= 0.6 is 12.2 Å². The molecule has 5 nitrogen and oxygen atoms in total. The van der Waals surface area contributed by atoms with E-state index in [0.29, 0.717) is 0 Å². The van der Waals surface area contributed by atoms with E-state index in [-0.39, 0.29) is 12.1 Å². The Balaban J connectivity index is 1.83. The van der Waals surface area contributed by atoms with E-state index in [9.17, 15) is 0 Å². The maximum atomic E-state index is 5.71. The molecule has 0 radical (unpaired) electrons. The molecular weight excluding hydrogens is 366 g/mol. The minimum Gasteiger partial charge on any atom is -0.352 e. The lowest BCUT2D eigenvalue weighted by molar-refractivity contribution is 0.316. The second-order valence-electron chi connectivity index (χ2n) is 7.19. The van der Waals surface area contributed by atoms with Gasteiger partial charge in [0.2, 0.25) is 0 Å². The Labute approximate surface area is 171 Å². The Hall–Kier alpha value is -2.73. The van der Waals surface area contributed by atoms with Crippen molar-refractivity contribution in [2.45, 2.75) is 39.3 Å². The van der Waals surface area contributed by atoms with Crippen molar-refractivity contribution < 1.29 is 0 Å². The van der Waals surface area contributed by atoms with Gasteiger partial charge in [-0.15, -0.1) is 0 Å². The van der Waals surface area contributed by atoms with Crippen molar-refractivity contribution in [3.05, 3.63) is 77.6 Å². The van der Waals surface area contributed by atoms with Gasteiger partial charge in [0.05, 0.1) is 29.7 Å². The zero-order valence-electron chi connectivity index (χ0n) is 16.5. The van der Waals surface area contributed by atoms with Gasteiger partial charge in [-0.1, -0.05) is 13.0 Å². The lowest BCUT2D eigenvalue weighted by Gasteiger charge is -2.27. The summed E-state index contributed by atoms with van der Waals surface area (Å²) in [6.45, 7) is 7.42. The highest BCUT2D eigenvalue weighted by Crippen LogP contribution is 2.41. The standard InChI is InChI=1S/C22H25N5S/c1-4-12-26-21(20(25-22(26)28)19-9-5-6-11-24-19)18-13-15(2)27(16(18)3)17-8-7-10-23-14-17/h5-11,13-14,20-21H,4,12H2,1-3H3,(H,25,28)/t20-,21+/m0/s1. The van der Waals surface area contributed by atoms with E-state index in [2.05, 4.69) is 63.7 Å². The van der Waals surface area contributed by atoms with E-state index in [1.54, 1.807) is 6.20 Å². The van der Waals surface area contributed by atoms with Gasteiger partial charge in [0, 0.05) is 30.3 Å². The van der Waals surface area contributed by atoms with E-state index in [4.69, 9.17) is 12.2 Å². The fraction of sp³-hybridized carbons (Fsp3) is 0.318. The van der Waals surface area contributed by atoms with Crippen LogP contribution in [0.5, 0.6) is 0 Å². The third-order valence-corrected chi connectivity index (χ3v) is 5.71. The van der Waals surface area contributed by atoms with Gasteiger partial charge in [-0.2, -0.15) is 0 Å². The Bertz CT molecular complexity index is 967. The van der Waals surface area contributed by atoms with E-state index < -0.39 is 0 Å². The number of thiocarbonyl (C=S) groups is 1. The first-order valence-electron chi connectivity index (χ1n) is 9.69. The van der Waals surface area contributed by atoms with Crippen molar-refractivity contribution in [3.63, 3.8) is 0 Å². The normalized spacial score (nSPS) is 19.1. The van der Waals surface area contributed by atoms with Crippen LogP contribution in [-0.2, 0) is 0 Å². The summed E-state index contributed by atoms with van der Waals surface area (Å²) >= 11 is 5.71. The first-order chi connectivity index (χ1) is 13.6. The van der Waals surface area contributed by atoms with Crippen molar-refractivity contribution in [2.24, 2.45) is 0 Å². The van der Waals surface area contributed by atoms with E-state index in [1.807, 2.05) is 30.6 Å². The summed E-state index contributed by atoms with van der Waals surface area (Å²) in [4.78, 5) is 11.2. The molecule has 1 saturated heterocycles. The number of aryl methyl sites for hydroxylation is 1. The number of rotatable bonds is 5. The molecule has 3 aromatic heterocycles. The number of hydrogen-bond acceptors (Lipinski definition) is 3. The molecule has 0 saturated carbocycles. The van der Waals surface area contributed by atoms with Gasteiger partial charge in [0.1, 0.15) is 0 Å². The number of hydrogen-bond donors (Lipinski definition) is 1. The van der Waals surface area contributed by atoms with Crippen LogP contribution in [0.15, 0.2) is 55.0 Å². The van der Waals surface area contributed by atoms with Gasteiger partial charge in [-0.25, -0.2) is 0 Å². The summed E-state index contributed by atoms with van der Waals surface area (Å²) in [5, 5.41) is 4.32. The Morgan fingerprint density at radius 3 is 2.68 bits per heavy atom. The van der Waals surface area contributed by atoms with Crippen molar-refractivity contribution in [1.29, 1.82) is 0 Å². The molecule has 4 rings (SSSR count). The number of nitrogens with zero attached hydrogens (tertiary/aromatic N) is 4. The third kappa shape index (κ3) is 3.18. The molecule has 0 amide bonds. The topological polar surface area (TPSA) is 46.0 Å². The van der Waals surface area contributed by atoms with Gasteiger partial charge in [0.25, 0.3) is 0 Å². The van der Waals surface area contributed by atoms with Crippen molar-refractivity contribution in [2.75, 3.05) is 6.54 Å². The average Bonchev–Trinajstić information content (AvgIpc) is 3.19. The van der Waals surface area contributed by atoms with Crippen LogP contribution in [-0.4, -0.2) is 31.1 Å². The Kier molecular flexibility index (Phi) is 5.13. The fourth-order valence-corrected chi connectivity index (χ4v) is 4.53. The molecule has 0 bridgehead atoms. The minimum absolute atomic E-state index is 0.0306. The Morgan fingerprint density at radius 2 is 2.00 bits per heavy atom. The van der Waals surface area contributed by atoms with Crippen LogP contribution in [0.25, 0.3) is 5.69 Å². The SMILES string of the molecule is CCCN1C(=S)N[C@@H](c2ccccn2)[C@H]1c1cc(C)n(-c2cccnc2)c1C. The van der Waals surface area contributed by atoms with Gasteiger partial charge in [-0.05, 0) is 68.4 Å². The molecule has 6 heteroatoms. The maximum Gasteiger partial charge on any atom is 0.170 e. The number of pyridine rings is 2. The second kappa shape index (κ2) is 7.72. The van der Waals surface area contributed by atoms with E-state index >= 15 is 0 Å². The number of aromatic nitrogens is 3. The summed E-state index contributed by atoms with van der Waals surface area (Å²) in [5.41, 5.74) is 5.77. The molecule has 1 N–H and O–H groups in total. The highest BCUT2D eigenvalue weighted by molar-refractivity contribution is 7.80. The lowest BCUT2D eigenvalue weighted by Crippen LogP contribution is -2.30. The lowest BCUT2D eigenvalue weighted by atomic mass is 9.96. The fourth-order valence-electron chi connectivity index (χ4n) is 4.20. The summed E-state index contributed by atoms with van der Waals surface area (Å²) in [6.07, 6.45) is 6.59. The molecule has 1 fully saturated rings. The zero-order valence-corrected chi connectivity index (χ0v) is 17.3. The van der Waals surface area contributed by atoms with Gasteiger partial charge in [0.15, 0.2) is 5.11 Å². The molecular formula is C22H25N5S. The van der Waals surface area contributed by atoms with Crippen LogP contribution in [0, 0.1) is 13.8 Å². The summed E-state index contributed by atoms with van der Waals surface area (Å²) in [6, 6.07) is 12.5. The van der Waals surface area contributed by atoms with Gasteiger partial charge in [-0.3, -0.25) is 9.97 Å². The molecule has 0 unspecified atom stereocenters. The molecule has 2 atom stereocenters. The molecule has 4 heterocycles. The smallest absolute Gasteiger partial charge is 0.170 e. The van der Waals surface area contributed by atoms with Gasteiger partial charge >= 0.3 is 0 Å². The summed E-state index contributed by atoms with van der Waals surface area (Å²) < 4.78 is 2.27. The van der Waals surface area contributed by atoms with Crippen LogP contribution < -0.4 is 5.32 Å². The van der Waals surface area contributed by atoms with Crippen LogP contribution in [0.4, 0.5) is 0 Å². The largest absolute Gasteiger partial charge is 0.352 e. The molecule has 28 heavy (non-hydrogen) atoms. The molecule has 0 aromatic carbocycles. The number of nitrogens with one attached hydrogen (secondary N) is 1. The van der Waals surface area contributed by atoms with E-state index in [0.717, 1.165) is 29.5 Å². The molecule has 0 spiro atoms. The minimum atomic E-state index is 0.0306. The molecule has 3 aromatic rings. The third-order valence-electron chi connectivity index (χ3n) is 5.36. The quantitative estimate of drug-likeness (QED) is 0.658. The Morgan fingerprint density at radius 1 is 1.14 bits per heavy atom. The molecule has 144 valence electrons. The summed E-state index contributed by atoms with van der Waals surface area (Å²) in [7, 11) is 0. The van der Waals surface area contributed by atoms with Crippen molar-refractivity contribution >= 4 is 17.3 Å². The zero-order chi connectivity index (χ0) is 19.7. The predicted octanol–water partition coefficient (Wildman–Crippen LogP) is 4.27. The monoisotopic (exact) mass is 391 g/mol. The van der Waals surface area contributed by atoms with Gasteiger partial charge < -0.3 is 14.8 Å². The predicted molar refractivity (Wildman–Crippen MR) is 115 cm³/mol. The van der Waals surface area contributed by atoms with Crippen LogP contribution in [0.3, 0.4) is 0 Å². The van der Waals surface area contributed by atoms with Crippen molar-refractivity contribution in [1.82, 2.24) is 24.8 Å². The maximum absolute atomic E-state index is 5.71. The highest BCUT2D eigenvalue weighted by Gasteiger charge is 2.40. The average molecular weight is 392 g/mol. The first-order valence-corrected chi connectivity index (χ1v) is 10.1. The van der Waals surface area contributed by atoms with Crippen molar-refractivity contribution in [3.8, 4) is 5.69 Å². The molecule has 0 aliphatic carbocycles.